The van der Waals surface area contributed by atoms with Crippen LogP contribution in [0.1, 0.15) is 168 Å². The Morgan fingerprint density at radius 3 is 1.61 bits per heavy atom. The second-order valence-corrected chi connectivity index (χ2v) is 13.3. The largest absolute Gasteiger partial charge is 0.466 e. The number of hydrogen-bond donors (Lipinski definition) is 1. The number of unbranched alkanes of at least 4 members (excludes halogenated alkanes) is 16. The van der Waals surface area contributed by atoms with Crippen LogP contribution in [0.25, 0.3) is 0 Å². The molecule has 0 saturated carbocycles. The van der Waals surface area contributed by atoms with Crippen molar-refractivity contribution in [3.05, 3.63) is 0 Å². The molecule has 1 unspecified atom stereocenters. The van der Waals surface area contributed by atoms with Crippen molar-refractivity contribution in [2.75, 3.05) is 52.5 Å². The molecule has 0 aromatic carbocycles. The van der Waals surface area contributed by atoms with Gasteiger partial charge in [0.15, 0.2) is 0 Å². The molecule has 1 rings (SSSR count). The number of hydrogen-bond acceptors (Lipinski definition) is 7. The molecular formula is C37H72N2O5. The third-order valence-electron chi connectivity index (χ3n) is 8.90. The highest BCUT2D eigenvalue weighted by Gasteiger charge is 2.16. The van der Waals surface area contributed by atoms with E-state index < -0.39 is 6.10 Å². The lowest BCUT2D eigenvalue weighted by molar-refractivity contribution is -0.147. The molecule has 0 radical (unpaired) electrons. The van der Waals surface area contributed by atoms with Gasteiger partial charge in [0.25, 0.3) is 0 Å². The summed E-state index contributed by atoms with van der Waals surface area (Å²) in [4.78, 5) is 29.1. The fourth-order valence-electron chi connectivity index (χ4n) is 6.14. The molecule has 0 spiro atoms. The van der Waals surface area contributed by atoms with Gasteiger partial charge in [-0.05, 0) is 64.7 Å². The van der Waals surface area contributed by atoms with Gasteiger partial charge in [0.2, 0.25) is 0 Å². The Kier molecular flexibility index (Phi) is 28.3. The lowest BCUT2D eigenvalue weighted by Crippen LogP contribution is -2.38. The number of aliphatic hydroxyl groups excluding tert-OH is 1. The molecule has 1 fully saturated rings. The highest BCUT2D eigenvalue weighted by atomic mass is 16.5. The van der Waals surface area contributed by atoms with Crippen LogP contribution in [-0.2, 0) is 19.1 Å². The van der Waals surface area contributed by atoms with Crippen LogP contribution in [0.15, 0.2) is 0 Å². The number of ether oxygens (including phenoxy) is 2. The molecule has 1 aliphatic rings. The van der Waals surface area contributed by atoms with Crippen LogP contribution in [0.5, 0.6) is 0 Å². The molecule has 0 aromatic rings. The molecule has 1 atom stereocenters. The minimum atomic E-state index is -0.706. The smallest absolute Gasteiger partial charge is 0.305 e. The molecule has 44 heavy (non-hydrogen) atoms. The van der Waals surface area contributed by atoms with E-state index in [1.54, 1.807) is 0 Å². The summed E-state index contributed by atoms with van der Waals surface area (Å²) in [6.07, 6.45) is 26.7. The van der Waals surface area contributed by atoms with Crippen LogP contribution in [-0.4, -0.2) is 85.4 Å². The lowest BCUT2D eigenvalue weighted by Gasteiger charge is -2.26. The van der Waals surface area contributed by atoms with Crippen LogP contribution in [0.4, 0.5) is 0 Å². The number of aliphatic hydroxyl groups is 1. The molecule has 0 bridgehead atoms. The lowest BCUT2D eigenvalue weighted by atomic mass is 10.1. The summed E-state index contributed by atoms with van der Waals surface area (Å²) >= 11 is 0. The van der Waals surface area contributed by atoms with E-state index in [0.717, 1.165) is 58.2 Å². The monoisotopic (exact) mass is 625 g/mol. The first-order valence-corrected chi connectivity index (χ1v) is 19.0. The first-order chi connectivity index (χ1) is 21.5. The van der Waals surface area contributed by atoms with Gasteiger partial charge in [-0.1, -0.05) is 117 Å². The molecule has 1 heterocycles. The zero-order valence-corrected chi connectivity index (χ0v) is 29.2. The topological polar surface area (TPSA) is 79.3 Å². The molecule has 0 amide bonds. The van der Waals surface area contributed by atoms with Gasteiger partial charge in [-0.15, -0.1) is 0 Å². The van der Waals surface area contributed by atoms with Crippen molar-refractivity contribution < 1.29 is 24.2 Å². The minimum absolute atomic E-state index is 0.0482. The summed E-state index contributed by atoms with van der Waals surface area (Å²) in [7, 11) is 0. The quantitative estimate of drug-likeness (QED) is 0.0594. The zero-order valence-electron chi connectivity index (χ0n) is 29.2. The van der Waals surface area contributed by atoms with Gasteiger partial charge in [-0.2, -0.15) is 0 Å². The summed E-state index contributed by atoms with van der Waals surface area (Å²) in [5, 5.41) is 10.7. The normalized spacial score (nSPS) is 14.4. The molecule has 7 nitrogen and oxygen atoms in total. The van der Waals surface area contributed by atoms with Crippen molar-refractivity contribution in [3.8, 4) is 0 Å². The van der Waals surface area contributed by atoms with E-state index in [0.29, 0.717) is 26.0 Å². The highest BCUT2D eigenvalue weighted by Crippen LogP contribution is 2.13. The Balaban J connectivity index is 2.19. The predicted molar refractivity (Wildman–Crippen MR) is 183 cm³/mol. The summed E-state index contributed by atoms with van der Waals surface area (Å²) in [5.41, 5.74) is 0. The zero-order chi connectivity index (χ0) is 31.9. The first-order valence-electron chi connectivity index (χ1n) is 19.0. The van der Waals surface area contributed by atoms with Crippen LogP contribution in [0.2, 0.25) is 0 Å². The maximum Gasteiger partial charge on any atom is 0.305 e. The molecule has 1 saturated heterocycles. The molecule has 1 N–H and O–H groups in total. The van der Waals surface area contributed by atoms with Crippen molar-refractivity contribution in [1.29, 1.82) is 0 Å². The maximum absolute atomic E-state index is 12.2. The van der Waals surface area contributed by atoms with Crippen LogP contribution in [0, 0.1) is 0 Å². The number of rotatable bonds is 32. The van der Waals surface area contributed by atoms with E-state index in [1.165, 1.54) is 116 Å². The number of likely N-dealkylation sites (tertiary alicyclic amines) is 1. The summed E-state index contributed by atoms with van der Waals surface area (Å²) < 4.78 is 10.9. The van der Waals surface area contributed by atoms with Gasteiger partial charge in [0.1, 0.15) is 12.7 Å². The summed E-state index contributed by atoms with van der Waals surface area (Å²) in [6.45, 7) is 10.5. The summed E-state index contributed by atoms with van der Waals surface area (Å²) in [5.74, 6) is -0.293. The number of carbonyl (C=O) groups excluding carboxylic acids is 2. The Bertz CT molecular complexity index is 656. The van der Waals surface area contributed by atoms with E-state index in [9.17, 15) is 14.7 Å². The van der Waals surface area contributed by atoms with Gasteiger partial charge in [0, 0.05) is 25.9 Å². The maximum atomic E-state index is 12.2. The van der Waals surface area contributed by atoms with Crippen LogP contribution in [0.3, 0.4) is 0 Å². The Labute approximate surface area is 272 Å². The van der Waals surface area contributed by atoms with Crippen molar-refractivity contribution in [2.24, 2.45) is 0 Å². The number of nitrogens with zero attached hydrogens (tertiary/aromatic N) is 2. The predicted octanol–water partition coefficient (Wildman–Crippen LogP) is 8.45. The van der Waals surface area contributed by atoms with E-state index in [2.05, 4.69) is 23.6 Å². The molecular weight excluding hydrogens is 552 g/mol. The third-order valence-corrected chi connectivity index (χ3v) is 8.90. The SMILES string of the molecule is CCCCCCCCCCCC(=O)OCCCN(CCCN1CCCC1)CC(O)COC(=O)CCCCCCCCCCC. The molecule has 1 aliphatic heterocycles. The second-order valence-electron chi connectivity index (χ2n) is 13.3. The van der Waals surface area contributed by atoms with Gasteiger partial charge in [0.05, 0.1) is 6.61 Å². The van der Waals surface area contributed by atoms with Crippen molar-refractivity contribution in [2.45, 2.75) is 174 Å². The van der Waals surface area contributed by atoms with Gasteiger partial charge in [-0.25, -0.2) is 0 Å². The minimum Gasteiger partial charge on any atom is -0.466 e. The van der Waals surface area contributed by atoms with Gasteiger partial charge < -0.3 is 24.4 Å². The van der Waals surface area contributed by atoms with E-state index in [1.807, 2.05) is 0 Å². The van der Waals surface area contributed by atoms with E-state index in [4.69, 9.17) is 9.47 Å². The fraction of sp³-hybridized carbons (Fsp3) is 0.946. The number of esters is 2. The van der Waals surface area contributed by atoms with E-state index >= 15 is 0 Å². The first kappa shape index (κ1) is 40.8. The highest BCUT2D eigenvalue weighted by molar-refractivity contribution is 5.69. The van der Waals surface area contributed by atoms with E-state index in [-0.39, 0.29) is 18.5 Å². The van der Waals surface area contributed by atoms with Crippen LogP contribution >= 0.6 is 0 Å². The Morgan fingerprint density at radius 1 is 0.636 bits per heavy atom. The fourth-order valence-corrected chi connectivity index (χ4v) is 6.14. The summed E-state index contributed by atoms with van der Waals surface area (Å²) in [6, 6.07) is 0. The molecule has 0 aliphatic carbocycles. The Morgan fingerprint density at radius 2 is 1.09 bits per heavy atom. The molecule has 0 aromatic heterocycles. The number of carbonyl (C=O) groups is 2. The van der Waals surface area contributed by atoms with Crippen molar-refractivity contribution >= 4 is 11.9 Å². The Hall–Kier alpha value is -1.18. The van der Waals surface area contributed by atoms with Gasteiger partial charge in [-0.3, -0.25) is 9.59 Å². The molecule has 7 heteroatoms. The standard InChI is InChI=1S/C37H72N2O5/c1-3-5-7-9-11-13-15-17-19-25-36(41)43-32-24-31-39(30-23-29-38-27-21-22-28-38)33-35(40)34-44-37(42)26-20-18-16-14-12-10-8-6-4-2/h35,40H,3-34H2,1-2H3. The van der Waals surface area contributed by atoms with Crippen molar-refractivity contribution in [1.82, 2.24) is 9.80 Å². The average molecular weight is 625 g/mol. The van der Waals surface area contributed by atoms with Crippen LogP contribution < -0.4 is 0 Å². The third kappa shape index (κ3) is 26.1. The van der Waals surface area contributed by atoms with Gasteiger partial charge >= 0.3 is 11.9 Å². The molecule has 260 valence electrons. The van der Waals surface area contributed by atoms with Crippen molar-refractivity contribution in [3.63, 3.8) is 0 Å². The second kappa shape index (κ2) is 30.5. The average Bonchev–Trinajstić information content (AvgIpc) is 3.54.